The van der Waals surface area contributed by atoms with E-state index in [4.69, 9.17) is 0 Å². The number of hydrogen-bond acceptors (Lipinski definition) is 3. The van der Waals surface area contributed by atoms with Gasteiger partial charge in [0.25, 0.3) is 0 Å². The lowest BCUT2D eigenvalue weighted by Crippen LogP contribution is -2.28. The summed E-state index contributed by atoms with van der Waals surface area (Å²) in [6.07, 6.45) is 0.788. The van der Waals surface area contributed by atoms with Gasteiger partial charge in [-0.15, -0.1) is 0 Å². The molecule has 0 aliphatic carbocycles. The van der Waals surface area contributed by atoms with Gasteiger partial charge in [-0.1, -0.05) is 74.3 Å². The van der Waals surface area contributed by atoms with Crippen molar-refractivity contribution in [2.24, 2.45) is 5.10 Å². The molecule has 1 N–H and O–H groups in total. The van der Waals surface area contributed by atoms with Crippen molar-refractivity contribution in [3.63, 3.8) is 0 Å². The summed E-state index contributed by atoms with van der Waals surface area (Å²) < 4.78 is 1.93. The Labute approximate surface area is 210 Å². The third-order valence-electron chi connectivity index (χ3n) is 5.56. The maximum absolute atomic E-state index is 13.2. The van der Waals surface area contributed by atoms with Crippen molar-refractivity contribution in [3.05, 3.63) is 98.4 Å². The Morgan fingerprint density at radius 2 is 1.73 bits per heavy atom. The van der Waals surface area contributed by atoms with Gasteiger partial charge in [0.05, 0.1) is 11.8 Å². The average Bonchev–Trinajstić information content (AvgIpc) is 3.25. The number of hydrogen-bond donors (Lipinski definition) is 1. The summed E-state index contributed by atoms with van der Waals surface area (Å²) in [4.78, 5) is 25.7. The van der Waals surface area contributed by atoms with Gasteiger partial charge in [-0.25, -0.2) is 5.01 Å². The Balaban J connectivity index is 1.50. The van der Waals surface area contributed by atoms with E-state index in [0.29, 0.717) is 6.42 Å². The molecule has 1 atom stereocenters. The molecule has 0 spiro atoms. The summed E-state index contributed by atoms with van der Waals surface area (Å²) >= 11 is 6.98. The Morgan fingerprint density at radius 1 is 0.970 bits per heavy atom. The second kappa shape index (κ2) is 10.4. The summed E-state index contributed by atoms with van der Waals surface area (Å²) in [7, 11) is 0. The van der Waals surface area contributed by atoms with E-state index in [1.165, 1.54) is 0 Å². The van der Waals surface area contributed by atoms with E-state index < -0.39 is 0 Å². The number of halogens is 2. The van der Waals surface area contributed by atoms with E-state index >= 15 is 0 Å². The number of carbonyl (C=O) groups is 2. The molecular weight excluding hydrogens is 546 g/mol. The number of nitrogens with one attached hydrogen (secondary N) is 1. The zero-order valence-electron chi connectivity index (χ0n) is 18.1. The highest BCUT2D eigenvalue weighted by Crippen LogP contribution is 2.34. The molecule has 0 bridgehead atoms. The van der Waals surface area contributed by atoms with Crippen molar-refractivity contribution in [1.29, 1.82) is 0 Å². The van der Waals surface area contributed by atoms with Crippen molar-refractivity contribution in [3.8, 4) is 0 Å². The van der Waals surface area contributed by atoms with Gasteiger partial charge >= 0.3 is 0 Å². The van der Waals surface area contributed by atoms with E-state index in [2.05, 4.69) is 42.3 Å². The first-order chi connectivity index (χ1) is 15.9. The minimum atomic E-state index is -0.215. The van der Waals surface area contributed by atoms with Crippen LogP contribution < -0.4 is 5.32 Å². The molecule has 1 aliphatic rings. The van der Waals surface area contributed by atoms with Crippen LogP contribution in [0.4, 0.5) is 5.69 Å². The van der Waals surface area contributed by atoms with Gasteiger partial charge in [-0.2, -0.15) is 5.10 Å². The van der Waals surface area contributed by atoms with Crippen LogP contribution in [0.25, 0.3) is 0 Å². The number of anilines is 1. The standard InChI is InChI=1S/C26H23Br2N3O2/c1-17-5-2-3-8-22(17)29-25(32)13-14-26(33)31-24(19-6-4-7-21(28)15-19)16-23(30-31)18-9-11-20(27)12-10-18/h2-12,15,24H,13-14,16H2,1H3,(H,29,32)/t24-/m0/s1. The number of hydrazone groups is 1. The van der Waals surface area contributed by atoms with Crippen LogP contribution in [0, 0.1) is 6.92 Å². The predicted octanol–water partition coefficient (Wildman–Crippen LogP) is 6.62. The number of amides is 2. The summed E-state index contributed by atoms with van der Waals surface area (Å²) in [6, 6.07) is 23.2. The highest BCUT2D eigenvalue weighted by Gasteiger charge is 2.33. The quantitative estimate of drug-likeness (QED) is 0.363. The van der Waals surface area contributed by atoms with Gasteiger partial charge < -0.3 is 5.32 Å². The molecule has 7 heteroatoms. The van der Waals surface area contributed by atoms with Crippen LogP contribution in [0.1, 0.15) is 42.0 Å². The highest BCUT2D eigenvalue weighted by atomic mass is 79.9. The monoisotopic (exact) mass is 567 g/mol. The van der Waals surface area contributed by atoms with Gasteiger partial charge in [0.2, 0.25) is 11.8 Å². The maximum Gasteiger partial charge on any atom is 0.243 e. The lowest BCUT2D eigenvalue weighted by Gasteiger charge is -2.22. The first-order valence-corrected chi connectivity index (χ1v) is 12.3. The maximum atomic E-state index is 13.2. The van der Waals surface area contributed by atoms with Gasteiger partial charge in [-0.05, 0) is 53.9 Å². The lowest BCUT2D eigenvalue weighted by molar-refractivity contribution is -0.134. The third kappa shape index (κ3) is 5.78. The second-order valence-corrected chi connectivity index (χ2v) is 9.76. The molecule has 33 heavy (non-hydrogen) atoms. The first kappa shape index (κ1) is 23.4. The topological polar surface area (TPSA) is 61.8 Å². The van der Waals surface area contributed by atoms with Crippen molar-refractivity contribution < 1.29 is 9.59 Å². The molecule has 0 aromatic heterocycles. The van der Waals surface area contributed by atoms with Crippen LogP contribution >= 0.6 is 31.9 Å². The predicted molar refractivity (Wildman–Crippen MR) is 138 cm³/mol. The van der Waals surface area contributed by atoms with E-state index in [1.807, 2.05) is 79.7 Å². The smallest absolute Gasteiger partial charge is 0.243 e. The Kier molecular flexibility index (Phi) is 7.40. The molecule has 0 fully saturated rings. The van der Waals surface area contributed by atoms with Crippen LogP contribution in [-0.2, 0) is 9.59 Å². The highest BCUT2D eigenvalue weighted by molar-refractivity contribution is 9.10. The van der Waals surface area contributed by atoms with E-state index in [-0.39, 0.29) is 30.7 Å². The summed E-state index contributed by atoms with van der Waals surface area (Å²) in [5.74, 6) is -0.361. The molecule has 0 saturated carbocycles. The van der Waals surface area contributed by atoms with Crippen LogP contribution in [0.2, 0.25) is 0 Å². The van der Waals surface area contributed by atoms with E-state index in [0.717, 1.165) is 37.0 Å². The van der Waals surface area contributed by atoms with E-state index in [9.17, 15) is 9.59 Å². The first-order valence-electron chi connectivity index (χ1n) is 10.7. The summed E-state index contributed by atoms with van der Waals surface area (Å²) in [5, 5.41) is 9.12. The molecular formula is C26H23Br2N3O2. The second-order valence-electron chi connectivity index (χ2n) is 7.93. The van der Waals surface area contributed by atoms with Crippen molar-refractivity contribution in [2.75, 3.05) is 5.32 Å². The Hall–Kier alpha value is -2.77. The number of aryl methyl sites for hydroxylation is 1. The number of carbonyl (C=O) groups excluding carboxylic acids is 2. The molecule has 3 aromatic carbocycles. The van der Waals surface area contributed by atoms with Crippen LogP contribution in [0.3, 0.4) is 0 Å². The molecule has 3 aromatic rings. The Morgan fingerprint density at radius 3 is 2.45 bits per heavy atom. The molecule has 168 valence electrons. The van der Waals surface area contributed by atoms with Gasteiger partial charge in [-0.3, -0.25) is 9.59 Å². The summed E-state index contributed by atoms with van der Waals surface area (Å²) in [6.45, 7) is 1.94. The Bertz CT molecular complexity index is 1210. The fourth-order valence-electron chi connectivity index (χ4n) is 3.79. The van der Waals surface area contributed by atoms with Crippen molar-refractivity contribution in [1.82, 2.24) is 5.01 Å². The number of rotatable bonds is 6. The van der Waals surface area contributed by atoms with Crippen LogP contribution in [-0.4, -0.2) is 22.5 Å². The fraction of sp³-hybridized carbons (Fsp3) is 0.192. The fourth-order valence-corrected chi connectivity index (χ4v) is 4.47. The molecule has 1 heterocycles. The van der Waals surface area contributed by atoms with Gasteiger partial charge in [0.1, 0.15) is 0 Å². The molecule has 0 radical (unpaired) electrons. The van der Waals surface area contributed by atoms with Gasteiger partial charge in [0, 0.05) is 33.9 Å². The number of nitrogens with zero attached hydrogens (tertiary/aromatic N) is 2. The SMILES string of the molecule is Cc1ccccc1NC(=O)CCC(=O)N1N=C(c2ccc(Br)cc2)C[C@H]1c1cccc(Br)c1. The van der Waals surface area contributed by atoms with Crippen LogP contribution in [0.15, 0.2) is 86.8 Å². The largest absolute Gasteiger partial charge is 0.326 e. The van der Waals surface area contributed by atoms with E-state index in [1.54, 1.807) is 5.01 Å². The van der Waals surface area contributed by atoms with Crippen LogP contribution in [0.5, 0.6) is 0 Å². The molecule has 4 rings (SSSR count). The zero-order chi connectivity index (χ0) is 23.4. The number of benzene rings is 3. The lowest BCUT2D eigenvalue weighted by atomic mass is 9.98. The summed E-state index contributed by atoms with van der Waals surface area (Å²) in [5.41, 5.74) is 4.57. The minimum absolute atomic E-state index is 0.0827. The molecule has 2 amide bonds. The normalized spacial score (nSPS) is 15.3. The van der Waals surface area contributed by atoms with Gasteiger partial charge in [0.15, 0.2) is 0 Å². The number of para-hydroxylation sites is 1. The average molecular weight is 569 g/mol. The zero-order valence-corrected chi connectivity index (χ0v) is 21.3. The van der Waals surface area contributed by atoms with Crippen molar-refractivity contribution >= 4 is 55.1 Å². The third-order valence-corrected chi connectivity index (χ3v) is 6.58. The molecule has 5 nitrogen and oxygen atoms in total. The molecule has 0 unspecified atom stereocenters. The van der Waals surface area contributed by atoms with Crippen molar-refractivity contribution in [2.45, 2.75) is 32.2 Å². The minimum Gasteiger partial charge on any atom is -0.326 e. The molecule has 0 saturated heterocycles. The molecule has 1 aliphatic heterocycles.